The van der Waals surface area contributed by atoms with Crippen molar-refractivity contribution in [1.82, 2.24) is 14.9 Å². The van der Waals surface area contributed by atoms with Gasteiger partial charge in [0.1, 0.15) is 0 Å². The Balaban J connectivity index is 1.48. The van der Waals surface area contributed by atoms with E-state index in [1.54, 1.807) is 12.3 Å². The number of hydrogen-bond acceptors (Lipinski definition) is 5. The standard InChI is InChI=1S/C24H27FN4O/c1-17-21(27-24-26-14-13-22(28-24)18-8-4-3-5-9-18)12-7-15-29(17)16-19-10-6-11-20(25)23(19)30-2/h3-6,8-11,13-14,17,21H,7,12,15-16H2,1-2H3,(H,26,27,28). The molecule has 3 aromatic rings. The summed E-state index contributed by atoms with van der Waals surface area (Å²) in [4.78, 5) is 11.5. The van der Waals surface area contributed by atoms with Crippen LogP contribution in [0.25, 0.3) is 11.3 Å². The summed E-state index contributed by atoms with van der Waals surface area (Å²) in [7, 11) is 1.52. The molecule has 4 rings (SSSR count). The fourth-order valence-corrected chi connectivity index (χ4v) is 4.12. The molecule has 1 aliphatic heterocycles. The first-order valence-corrected chi connectivity index (χ1v) is 10.4. The fraction of sp³-hybridized carbons (Fsp3) is 0.333. The zero-order chi connectivity index (χ0) is 20.9. The predicted molar refractivity (Wildman–Crippen MR) is 117 cm³/mol. The molecule has 2 atom stereocenters. The molecule has 2 aromatic carbocycles. The molecular weight excluding hydrogens is 379 g/mol. The number of ether oxygens (including phenoxy) is 1. The minimum atomic E-state index is -0.319. The highest BCUT2D eigenvalue weighted by molar-refractivity contribution is 5.59. The van der Waals surface area contributed by atoms with Crippen molar-refractivity contribution < 1.29 is 9.13 Å². The topological polar surface area (TPSA) is 50.3 Å². The zero-order valence-electron chi connectivity index (χ0n) is 17.4. The first kappa shape index (κ1) is 20.3. The summed E-state index contributed by atoms with van der Waals surface area (Å²) in [6, 6.07) is 17.6. The Morgan fingerprint density at radius 3 is 2.77 bits per heavy atom. The van der Waals surface area contributed by atoms with E-state index >= 15 is 0 Å². The summed E-state index contributed by atoms with van der Waals surface area (Å²) in [5.41, 5.74) is 2.84. The first-order chi connectivity index (χ1) is 14.7. The summed E-state index contributed by atoms with van der Waals surface area (Å²) in [6.07, 6.45) is 3.88. The van der Waals surface area contributed by atoms with Gasteiger partial charge in [0.15, 0.2) is 11.6 Å². The van der Waals surface area contributed by atoms with E-state index in [9.17, 15) is 4.39 Å². The molecule has 1 N–H and O–H groups in total. The maximum atomic E-state index is 14.1. The van der Waals surface area contributed by atoms with Crippen LogP contribution in [0.15, 0.2) is 60.8 Å². The molecule has 30 heavy (non-hydrogen) atoms. The van der Waals surface area contributed by atoms with Crippen LogP contribution in [0.5, 0.6) is 5.75 Å². The van der Waals surface area contributed by atoms with Gasteiger partial charge in [-0.2, -0.15) is 0 Å². The average Bonchev–Trinajstić information content (AvgIpc) is 2.77. The molecule has 1 fully saturated rings. The Kier molecular flexibility index (Phi) is 6.23. The summed E-state index contributed by atoms with van der Waals surface area (Å²) in [5, 5.41) is 3.53. The number of para-hydroxylation sites is 1. The number of halogens is 1. The minimum Gasteiger partial charge on any atom is -0.493 e. The first-order valence-electron chi connectivity index (χ1n) is 10.4. The van der Waals surface area contributed by atoms with Crippen molar-refractivity contribution in [3.63, 3.8) is 0 Å². The van der Waals surface area contributed by atoms with Gasteiger partial charge in [0.25, 0.3) is 0 Å². The third-order valence-electron chi connectivity index (χ3n) is 5.78. The Morgan fingerprint density at radius 1 is 1.13 bits per heavy atom. The van der Waals surface area contributed by atoms with Gasteiger partial charge in [0, 0.05) is 36.0 Å². The van der Waals surface area contributed by atoms with E-state index in [0.717, 1.165) is 36.2 Å². The molecule has 5 nitrogen and oxygen atoms in total. The molecule has 0 aliphatic carbocycles. The van der Waals surface area contributed by atoms with Gasteiger partial charge in [-0.1, -0.05) is 42.5 Å². The summed E-state index contributed by atoms with van der Waals surface area (Å²) in [5.74, 6) is 0.650. The maximum absolute atomic E-state index is 14.1. The van der Waals surface area contributed by atoms with E-state index in [1.165, 1.54) is 13.2 Å². The van der Waals surface area contributed by atoms with Crippen LogP contribution >= 0.6 is 0 Å². The third-order valence-corrected chi connectivity index (χ3v) is 5.78. The van der Waals surface area contributed by atoms with E-state index in [2.05, 4.69) is 22.1 Å². The quantitative estimate of drug-likeness (QED) is 0.640. The number of aromatic nitrogens is 2. The van der Waals surface area contributed by atoms with Gasteiger partial charge in [-0.05, 0) is 38.4 Å². The lowest BCUT2D eigenvalue weighted by atomic mass is 9.96. The van der Waals surface area contributed by atoms with Crippen molar-refractivity contribution in [2.75, 3.05) is 19.0 Å². The molecule has 2 unspecified atom stereocenters. The highest BCUT2D eigenvalue weighted by atomic mass is 19.1. The van der Waals surface area contributed by atoms with Gasteiger partial charge >= 0.3 is 0 Å². The van der Waals surface area contributed by atoms with Crippen LogP contribution in [-0.4, -0.2) is 40.6 Å². The van der Waals surface area contributed by atoms with Crippen LogP contribution in [-0.2, 0) is 6.54 Å². The molecule has 1 saturated heterocycles. The predicted octanol–water partition coefficient (Wildman–Crippen LogP) is 4.76. The van der Waals surface area contributed by atoms with Gasteiger partial charge in [-0.3, -0.25) is 4.90 Å². The van der Waals surface area contributed by atoms with Gasteiger partial charge in [-0.15, -0.1) is 0 Å². The highest BCUT2D eigenvalue weighted by Gasteiger charge is 2.29. The molecule has 0 bridgehead atoms. The second kappa shape index (κ2) is 9.22. The summed E-state index contributed by atoms with van der Waals surface area (Å²) < 4.78 is 19.4. The second-order valence-electron chi connectivity index (χ2n) is 7.67. The largest absolute Gasteiger partial charge is 0.493 e. The molecule has 156 valence electrons. The van der Waals surface area contributed by atoms with Gasteiger partial charge in [0.05, 0.1) is 12.8 Å². The number of nitrogens with one attached hydrogen (secondary N) is 1. The number of rotatable bonds is 6. The molecule has 0 radical (unpaired) electrons. The SMILES string of the molecule is COc1c(F)cccc1CN1CCCC(Nc2nccc(-c3ccccc3)n2)C1C. The van der Waals surface area contributed by atoms with Crippen LogP contribution in [0.2, 0.25) is 0 Å². The van der Waals surface area contributed by atoms with E-state index in [-0.39, 0.29) is 17.9 Å². The molecule has 2 heterocycles. The van der Waals surface area contributed by atoms with Gasteiger partial charge in [0.2, 0.25) is 5.95 Å². The lowest BCUT2D eigenvalue weighted by molar-refractivity contribution is 0.138. The zero-order valence-corrected chi connectivity index (χ0v) is 17.4. The third kappa shape index (κ3) is 4.44. The Bertz CT molecular complexity index is 982. The molecular formula is C24H27FN4O. The molecule has 1 aromatic heterocycles. The van der Waals surface area contributed by atoms with E-state index < -0.39 is 0 Å². The average molecular weight is 407 g/mol. The molecule has 6 heteroatoms. The van der Waals surface area contributed by atoms with Gasteiger partial charge in [-0.25, -0.2) is 14.4 Å². The molecule has 0 amide bonds. The number of nitrogens with zero attached hydrogens (tertiary/aromatic N) is 3. The van der Waals surface area contributed by atoms with Crippen LogP contribution in [0.4, 0.5) is 10.3 Å². The van der Waals surface area contributed by atoms with Crippen molar-refractivity contribution in [1.29, 1.82) is 0 Å². The van der Waals surface area contributed by atoms with Crippen molar-refractivity contribution in [3.05, 3.63) is 72.2 Å². The second-order valence-corrected chi connectivity index (χ2v) is 7.67. The molecule has 1 aliphatic rings. The Labute approximate surface area is 176 Å². The van der Waals surface area contributed by atoms with Crippen molar-refractivity contribution in [2.45, 2.75) is 38.4 Å². The van der Waals surface area contributed by atoms with Gasteiger partial charge < -0.3 is 10.1 Å². The van der Waals surface area contributed by atoms with Crippen LogP contribution in [0.3, 0.4) is 0 Å². The monoisotopic (exact) mass is 406 g/mol. The van der Waals surface area contributed by atoms with E-state index in [0.29, 0.717) is 18.2 Å². The smallest absolute Gasteiger partial charge is 0.223 e. The number of anilines is 1. The lowest BCUT2D eigenvalue weighted by Crippen LogP contribution is -2.49. The molecule has 0 saturated carbocycles. The Hall–Kier alpha value is -2.99. The normalized spacial score (nSPS) is 19.4. The van der Waals surface area contributed by atoms with Crippen LogP contribution < -0.4 is 10.1 Å². The van der Waals surface area contributed by atoms with E-state index in [4.69, 9.17) is 9.72 Å². The molecule has 0 spiro atoms. The number of benzene rings is 2. The number of methoxy groups -OCH3 is 1. The maximum Gasteiger partial charge on any atom is 0.223 e. The summed E-state index contributed by atoms with van der Waals surface area (Å²) >= 11 is 0. The highest BCUT2D eigenvalue weighted by Crippen LogP contribution is 2.28. The number of hydrogen-bond donors (Lipinski definition) is 1. The van der Waals surface area contributed by atoms with Crippen LogP contribution in [0, 0.1) is 5.82 Å². The van der Waals surface area contributed by atoms with Crippen LogP contribution in [0.1, 0.15) is 25.3 Å². The van der Waals surface area contributed by atoms with Crippen molar-refractivity contribution >= 4 is 5.95 Å². The fourth-order valence-electron chi connectivity index (χ4n) is 4.12. The lowest BCUT2D eigenvalue weighted by Gasteiger charge is -2.40. The Morgan fingerprint density at radius 2 is 1.97 bits per heavy atom. The summed E-state index contributed by atoms with van der Waals surface area (Å²) in [6.45, 7) is 3.80. The number of likely N-dealkylation sites (tertiary alicyclic amines) is 1. The van der Waals surface area contributed by atoms with Crippen molar-refractivity contribution in [2.24, 2.45) is 0 Å². The van der Waals surface area contributed by atoms with E-state index in [1.807, 2.05) is 42.5 Å². The minimum absolute atomic E-state index is 0.212. The van der Waals surface area contributed by atoms with Crippen molar-refractivity contribution in [3.8, 4) is 17.0 Å². The number of piperidine rings is 1.